The van der Waals surface area contributed by atoms with E-state index in [2.05, 4.69) is 24.3 Å². The zero-order valence-corrected chi connectivity index (χ0v) is 25.5. The Hall–Kier alpha value is -6.66. The van der Waals surface area contributed by atoms with Crippen LogP contribution < -0.4 is 0 Å². The van der Waals surface area contributed by atoms with Crippen LogP contribution >= 0.6 is 0 Å². The Kier molecular flexibility index (Phi) is 5.77. The summed E-state index contributed by atoms with van der Waals surface area (Å²) in [5.74, 6) is 1.83. The summed E-state index contributed by atoms with van der Waals surface area (Å²) in [6.45, 7) is 0. The summed E-state index contributed by atoms with van der Waals surface area (Å²) in [6, 6.07) is 48.6. The monoisotopic (exact) mass is 616 g/mol. The maximum absolute atomic E-state index is 6.68. The molecule has 6 nitrogen and oxygen atoms in total. The molecule has 0 unspecified atom stereocenters. The van der Waals surface area contributed by atoms with Crippen LogP contribution in [0.25, 0.3) is 100 Å². The first kappa shape index (κ1) is 26.5. The van der Waals surface area contributed by atoms with Gasteiger partial charge < -0.3 is 8.83 Å². The number of benzene rings is 6. The van der Waals surface area contributed by atoms with Gasteiger partial charge in [0.15, 0.2) is 17.5 Å². The quantitative estimate of drug-likeness (QED) is 0.196. The highest BCUT2D eigenvalue weighted by molar-refractivity contribution is 6.29. The van der Waals surface area contributed by atoms with Gasteiger partial charge in [0, 0.05) is 38.4 Å². The lowest BCUT2D eigenvalue weighted by molar-refractivity contribution is 0.667. The zero-order valence-electron chi connectivity index (χ0n) is 25.5. The molecule has 0 bridgehead atoms. The third-order valence-corrected chi connectivity index (χ3v) is 8.91. The van der Waals surface area contributed by atoms with E-state index < -0.39 is 0 Å². The van der Waals surface area contributed by atoms with Crippen LogP contribution in [0.4, 0.5) is 0 Å². The van der Waals surface area contributed by atoms with Crippen LogP contribution in [0, 0.1) is 0 Å². The number of furan rings is 2. The standard InChI is InChI=1S/C42H24N4O2/c1-3-12-25(13-4-1)40-44-41(26-14-5-2-6-15-26)46-42(45-40)28-17-11-16-27(24-28)38-36-30-19-8-10-21-33(30)48-39(36)37-31(43-38)22-23-34-35(37)29-18-7-9-20-32(29)47-34/h1-24H. The molecule has 0 saturated heterocycles. The number of hydrogen-bond donors (Lipinski definition) is 0. The summed E-state index contributed by atoms with van der Waals surface area (Å²) in [6.07, 6.45) is 0. The van der Waals surface area contributed by atoms with Gasteiger partial charge in [0.25, 0.3) is 0 Å². The van der Waals surface area contributed by atoms with Gasteiger partial charge in [-0.3, -0.25) is 0 Å². The number of rotatable bonds is 4. The second-order valence-corrected chi connectivity index (χ2v) is 11.8. The minimum atomic E-state index is 0.588. The molecule has 224 valence electrons. The number of pyridine rings is 1. The van der Waals surface area contributed by atoms with Crippen LogP contribution in [0.5, 0.6) is 0 Å². The summed E-state index contributed by atoms with van der Waals surface area (Å²) in [4.78, 5) is 20.2. The van der Waals surface area contributed by atoms with Crippen molar-refractivity contribution in [1.82, 2.24) is 19.9 Å². The molecule has 6 heteroatoms. The molecule has 10 rings (SSSR count). The van der Waals surface area contributed by atoms with E-state index in [0.717, 1.165) is 82.7 Å². The minimum Gasteiger partial charge on any atom is -0.456 e. The van der Waals surface area contributed by atoms with Crippen LogP contribution in [0.2, 0.25) is 0 Å². The van der Waals surface area contributed by atoms with E-state index in [0.29, 0.717) is 17.5 Å². The summed E-state index contributed by atoms with van der Waals surface area (Å²) < 4.78 is 12.9. The molecule has 0 atom stereocenters. The molecule has 0 amide bonds. The van der Waals surface area contributed by atoms with Gasteiger partial charge in [0.2, 0.25) is 0 Å². The molecule has 0 saturated carbocycles. The summed E-state index contributed by atoms with van der Waals surface area (Å²) >= 11 is 0. The van der Waals surface area contributed by atoms with Crippen molar-refractivity contribution in [2.75, 3.05) is 0 Å². The summed E-state index contributed by atoms with van der Waals surface area (Å²) in [5, 5.41) is 4.95. The van der Waals surface area contributed by atoms with Crippen LogP contribution in [0.15, 0.2) is 154 Å². The molecular weight excluding hydrogens is 592 g/mol. The predicted molar refractivity (Wildman–Crippen MR) is 191 cm³/mol. The van der Waals surface area contributed by atoms with Gasteiger partial charge in [-0.15, -0.1) is 0 Å². The van der Waals surface area contributed by atoms with E-state index in [-0.39, 0.29) is 0 Å². The van der Waals surface area contributed by atoms with Gasteiger partial charge in [-0.2, -0.15) is 0 Å². The Morgan fingerprint density at radius 1 is 0.354 bits per heavy atom. The summed E-state index contributed by atoms with van der Waals surface area (Å²) in [5.41, 5.74) is 8.55. The molecule has 4 heterocycles. The van der Waals surface area contributed by atoms with Crippen molar-refractivity contribution < 1.29 is 8.83 Å². The van der Waals surface area contributed by atoms with Crippen molar-refractivity contribution in [2.24, 2.45) is 0 Å². The topological polar surface area (TPSA) is 77.8 Å². The molecule has 0 radical (unpaired) electrons. The minimum absolute atomic E-state index is 0.588. The second-order valence-electron chi connectivity index (χ2n) is 11.8. The van der Waals surface area contributed by atoms with Gasteiger partial charge >= 0.3 is 0 Å². The number of hydrogen-bond acceptors (Lipinski definition) is 6. The molecule has 6 aromatic carbocycles. The number of fused-ring (bicyclic) bond motifs is 9. The number of nitrogens with zero attached hydrogens (tertiary/aromatic N) is 4. The predicted octanol–water partition coefficient (Wildman–Crippen LogP) is 10.9. The maximum Gasteiger partial charge on any atom is 0.164 e. The first-order valence-corrected chi connectivity index (χ1v) is 15.8. The fourth-order valence-corrected chi connectivity index (χ4v) is 6.71. The average molecular weight is 617 g/mol. The fraction of sp³-hybridized carbons (Fsp3) is 0. The van der Waals surface area contributed by atoms with Crippen molar-refractivity contribution >= 4 is 54.8 Å². The van der Waals surface area contributed by atoms with E-state index in [4.69, 9.17) is 28.8 Å². The lowest BCUT2D eigenvalue weighted by Crippen LogP contribution is -2.00. The van der Waals surface area contributed by atoms with Gasteiger partial charge in [-0.05, 0) is 30.3 Å². The highest BCUT2D eigenvalue weighted by Crippen LogP contribution is 2.44. The van der Waals surface area contributed by atoms with Crippen molar-refractivity contribution in [3.05, 3.63) is 146 Å². The molecule has 4 aromatic heterocycles. The second kappa shape index (κ2) is 10.4. The van der Waals surface area contributed by atoms with Crippen LogP contribution in [0.1, 0.15) is 0 Å². The van der Waals surface area contributed by atoms with Crippen molar-refractivity contribution in [1.29, 1.82) is 0 Å². The maximum atomic E-state index is 6.68. The lowest BCUT2D eigenvalue weighted by Gasteiger charge is -2.11. The molecule has 0 N–H and O–H groups in total. The highest BCUT2D eigenvalue weighted by Gasteiger charge is 2.22. The first-order chi connectivity index (χ1) is 23.8. The first-order valence-electron chi connectivity index (χ1n) is 15.8. The molecule has 0 aliphatic carbocycles. The smallest absolute Gasteiger partial charge is 0.164 e. The van der Waals surface area contributed by atoms with E-state index in [9.17, 15) is 0 Å². The van der Waals surface area contributed by atoms with Gasteiger partial charge in [0.1, 0.15) is 22.3 Å². The SMILES string of the molecule is c1ccc(-c2nc(-c3ccccc3)nc(-c3cccc(-c4nc5ccc6oc7ccccc7c6c5c5oc6ccccc6c45)c3)n2)cc1. The molecule has 0 fully saturated rings. The molecule has 0 spiro atoms. The van der Waals surface area contributed by atoms with Crippen LogP contribution in [-0.4, -0.2) is 19.9 Å². The third-order valence-electron chi connectivity index (χ3n) is 8.91. The Balaban J connectivity index is 1.23. The van der Waals surface area contributed by atoms with E-state index >= 15 is 0 Å². The molecule has 0 aliphatic heterocycles. The van der Waals surface area contributed by atoms with E-state index in [1.54, 1.807) is 0 Å². The van der Waals surface area contributed by atoms with Crippen molar-refractivity contribution in [2.45, 2.75) is 0 Å². The van der Waals surface area contributed by atoms with Gasteiger partial charge in [0.05, 0.1) is 22.0 Å². The Morgan fingerprint density at radius 3 is 1.58 bits per heavy atom. The summed E-state index contributed by atoms with van der Waals surface area (Å²) in [7, 11) is 0. The zero-order chi connectivity index (χ0) is 31.6. The highest BCUT2D eigenvalue weighted by atomic mass is 16.3. The molecule has 48 heavy (non-hydrogen) atoms. The number of aromatic nitrogens is 4. The van der Waals surface area contributed by atoms with Gasteiger partial charge in [-0.25, -0.2) is 19.9 Å². The molecule has 10 aromatic rings. The fourth-order valence-electron chi connectivity index (χ4n) is 6.71. The van der Waals surface area contributed by atoms with Crippen molar-refractivity contribution in [3.8, 4) is 45.4 Å². The van der Waals surface area contributed by atoms with Crippen LogP contribution in [-0.2, 0) is 0 Å². The Morgan fingerprint density at radius 2 is 0.896 bits per heavy atom. The number of para-hydroxylation sites is 2. The van der Waals surface area contributed by atoms with Crippen molar-refractivity contribution in [3.63, 3.8) is 0 Å². The Labute approximate surface area is 274 Å². The van der Waals surface area contributed by atoms with Gasteiger partial charge in [-0.1, -0.05) is 115 Å². The largest absolute Gasteiger partial charge is 0.456 e. The molecule has 0 aliphatic rings. The normalized spacial score (nSPS) is 11.8. The third kappa shape index (κ3) is 4.13. The Bertz CT molecular complexity index is 2780. The lowest BCUT2D eigenvalue weighted by atomic mass is 9.99. The van der Waals surface area contributed by atoms with Crippen LogP contribution in [0.3, 0.4) is 0 Å². The molecular formula is C42H24N4O2. The van der Waals surface area contributed by atoms with E-state index in [1.807, 2.05) is 121 Å². The van der Waals surface area contributed by atoms with E-state index in [1.165, 1.54) is 0 Å². The average Bonchev–Trinajstić information content (AvgIpc) is 3.74.